The molecule has 0 aromatic carbocycles. The summed E-state index contributed by atoms with van der Waals surface area (Å²) in [5.74, 6) is -0.828. The molecule has 3 nitrogen and oxygen atoms in total. The van der Waals surface area contributed by atoms with Gasteiger partial charge in [0.1, 0.15) is 5.70 Å². The summed E-state index contributed by atoms with van der Waals surface area (Å²) >= 11 is 0. The second kappa shape index (κ2) is 2.55. The highest BCUT2D eigenvalue weighted by atomic mass is 19.1. The highest BCUT2D eigenvalue weighted by molar-refractivity contribution is 6.26. The summed E-state index contributed by atoms with van der Waals surface area (Å²) in [6, 6.07) is 0. The molecular weight excluding hydrogens is 140 g/mol. The zero-order valence-corrected chi connectivity index (χ0v) is 4.96. The third kappa shape index (κ3) is 1.18. The highest BCUT2D eigenvalue weighted by Gasteiger charge is 2.14. The summed E-state index contributed by atoms with van der Waals surface area (Å²) in [4.78, 5) is 6.26. The second-order valence-corrected chi connectivity index (χ2v) is 1.64. The van der Waals surface area contributed by atoms with Crippen molar-refractivity contribution in [3.05, 3.63) is 11.9 Å². The van der Waals surface area contributed by atoms with Crippen LogP contribution in [0.2, 0.25) is 0 Å². The minimum Gasteiger partial charge on any atom is -0.403 e. The van der Waals surface area contributed by atoms with Gasteiger partial charge in [0.15, 0.2) is 0 Å². The van der Waals surface area contributed by atoms with Crippen LogP contribution in [0.3, 0.4) is 0 Å². The summed E-state index contributed by atoms with van der Waals surface area (Å²) in [5.41, 5.74) is 4.71. The Kier molecular flexibility index (Phi) is 1.75. The van der Waals surface area contributed by atoms with E-state index in [0.717, 1.165) is 12.4 Å². The molecule has 1 atom stereocenters. The van der Waals surface area contributed by atoms with Gasteiger partial charge in [-0.15, -0.1) is 0 Å². The number of aliphatic imine (C=N–C) groups is 2. The van der Waals surface area contributed by atoms with Gasteiger partial charge in [-0.05, 0) is 0 Å². The lowest BCUT2D eigenvalue weighted by molar-refractivity contribution is 0.391. The monoisotopic (exact) mass is 145 g/mol. The molecule has 1 unspecified atom stereocenters. The molecule has 0 fully saturated rings. The van der Waals surface area contributed by atoms with Crippen molar-refractivity contribution in [1.82, 2.24) is 0 Å². The van der Waals surface area contributed by atoms with Crippen LogP contribution in [-0.4, -0.2) is 18.5 Å². The van der Waals surface area contributed by atoms with E-state index in [9.17, 15) is 8.78 Å². The van der Waals surface area contributed by atoms with Crippen molar-refractivity contribution < 1.29 is 8.78 Å². The topological polar surface area (TPSA) is 50.7 Å². The number of nitrogens with zero attached hydrogens (tertiary/aromatic N) is 2. The molecular formula is C5H5F2N3. The first-order valence-electron chi connectivity index (χ1n) is 2.57. The molecule has 1 rings (SSSR count). The predicted molar refractivity (Wildman–Crippen MR) is 34.2 cm³/mol. The Hall–Kier alpha value is -1.26. The Morgan fingerprint density at radius 3 is 2.90 bits per heavy atom. The second-order valence-electron chi connectivity index (χ2n) is 1.64. The van der Waals surface area contributed by atoms with E-state index in [2.05, 4.69) is 9.98 Å². The number of hydrogen-bond donors (Lipinski definition) is 1. The van der Waals surface area contributed by atoms with E-state index in [0.29, 0.717) is 0 Å². The quantitative estimate of drug-likeness (QED) is 0.497. The van der Waals surface area contributed by atoms with Gasteiger partial charge in [-0.25, -0.2) is 14.4 Å². The molecule has 10 heavy (non-hydrogen) atoms. The lowest BCUT2D eigenvalue weighted by Gasteiger charge is -2.05. The van der Waals surface area contributed by atoms with Gasteiger partial charge >= 0.3 is 0 Å². The van der Waals surface area contributed by atoms with Gasteiger partial charge < -0.3 is 5.73 Å². The van der Waals surface area contributed by atoms with Gasteiger partial charge in [0.25, 0.3) is 0 Å². The first kappa shape index (κ1) is 6.85. The van der Waals surface area contributed by atoms with E-state index in [1.165, 1.54) is 0 Å². The van der Waals surface area contributed by atoms with E-state index in [4.69, 9.17) is 5.73 Å². The molecule has 5 heteroatoms. The summed E-state index contributed by atoms with van der Waals surface area (Å²) in [6.45, 7) is 0. The van der Waals surface area contributed by atoms with Crippen molar-refractivity contribution in [1.29, 1.82) is 0 Å². The van der Waals surface area contributed by atoms with Gasteiger partial charge in [-0.2, -0.15) is 4.39 Å². The fourth-order valence-corrected chi connectivity index (χ4v) is 0.525. The molecule has 0 spiro atoms. The largest absolute Gasteiger partial charge is 0.403 e. The molecule has 0 aromatic heterocycles. The smallest absolute Gasteiger partial charge is 0.233 e. The molecule has 0 saturated heterocycles. The van der Waals surface area contributed by atoms with Crippen LogP contribution in [0.5, 0.6) is 0 Å². The Bertz CT molecular complexity index is 219. The molecule has 0 radical (unpaired) electrons. The van der Waals surface area contributed by atoms with Crippen LogP contribution < -0.4 is 5.73 Å². The minimum absolute atomic E-state index is 0.194. The molecule has 0 aliphatic carbocycles. The summed E-state index contributed by atoms with van der Waals surface area (Å²) in [5, 5.41) is 0. The van der Waals surface area contributed by atoms with E-state index in [1.54, 1.807) is 0 Å². The number of hydrogen-bond acceptors (Lipinski definition) is 3. The minimum atomic E-state index is -1.62. The first-order valence-corrected chi connectivity index (χ1v) is 2.57. The van der Waals surface area contributed by atoms with Crippen LogP contribution in [0, 0.1) is 0 Å². The van der Waals surface area contributed by atoms with E-state index in [-0.39, 0.29) is 5.70 Å². The molecule has 1 aliphatic heterocycles. The number of rotatable bonds is 0. The summed E-state index contributed by atoms with van der Waals surface area (Å²) < 4.78 is 24.5. The van der Waals surface area contributed by atoms with Crippen molar-refractivity contribution in [2.75, 3.05) is 0 Å². The normalized spacial score (nSPS) is 28.8. The molecule has 2 N–H and O–H groups in total. The third-order valence-electron chi connectivity index (χ3n) is 0.963. The van der Waals surface area contributed by atoms with Crippen LogP contribution in [0.4, 0.5) is 8.78 Å². The van der Waals surface area contributed by atoms with Crippen LogP contribution in [-0.2, 0) is 0 Å². The van der Waals surface area contributed by atoms with Crippen molar-refractivity contribution in [3.8, 4) is 0 Å². The Morgan fingerprint density at radius 1 is 1.70 bits per heavy atom. The lowest BCUT2D eigenvalue weighted by Crippen LogP contribution is -2.10. The average Bonchev–Trinajstić information content (AvgIpc) is 1.94. The third-order valence-corrected chi connectivity index (χ3v) is 0.963. The van der Waals surface area contributed by atoms with Crippen molar-refractivity contribution in [2.24, 2.45) is 15.7 Å². The maximum atomic E-state index is 12.4. The van der Waals surface area contributed by atoms with Crippen LogP contribution in [0.15, 0.2) is 21.9 Å². The van der Waals surface area contributed by atoms with E-state index >= 15 is 0 Å². The highest BCUT2D eigenvalue weighted by Crippen LogP contribution is 2.12. The van der Waals surface area contributed by atoms with Crippen molar-refractivity contribution in [3.63, 3.8) is 0 Å². The molecule has 1 aliphatic rings. The lowest BCUT2D eigenvalue weighted by atomic mass is 10.4. The van der Waals surface area contributed by atoms with E-state index in [1.807, 2.05) is 0 Å². The Morgan fingerprint density at radius 2 is 2.40 bits per heavy atom. The zero-order valence-electron chi connectivity index (χ0n) is 4.96. The predicted octanol–water partition coefficient (Wildman–Crippen LogP) is 0.535. The molecule has 0 amide bonds. The standard InChI is InChI=1S/C5H5F2N3/c6-4-2-9-5(7)3(1-8)10-4/h1-2,5H,8H2. The molecule has 0 saturated carbocycles. The fourth-order valence-electron chi connectivity index (χ4n) is 0.525. The van der Waals surface area contributed by atoms with E-state index < -0.39 is 12.3 Å². The SMILES string of the molecule is NC=C1N=C(F)C=NC1F. The summed E-state index contributed by atoms with van der Waals surface area (Å²) in [6.07, 6.45) is -0.0113. The van der Waals surface area contributed by atoms with Gasteiger partial charge in [0, 0.05) is 6.20 Å². The van der Waals surface area contributed by atoms with Gasteiger partial charge in [0.05, 0.1) is 6.21 Å². The number of nitrogens with two attached hydrogens (primary N) is 1. The average molecular weight is 145 g/mol. The Balaban J connectivity index is 2.88. The van der Waals surface area contributed by atoms with Crippen molar-refractivity contribution >= 4 is 12.2 Å². The number of halogens is 2. The number of alkyl halides is 1. The van der Waals surface area contributed by atoms with Crippen LogP contribution >= 0.6 is 0 Å². The van der Waals surface area contributed by atoms with Gasteiger partial charge in [-0.3, -0.25) is 0 Å². The van der Waals surface area contributed by atoms with Gasteiger partial charge in [0.2, 0.25) is 12.3 Å². The summed E-state index contributed by atoms with van der Waals surface area (Å²) in [7, 11) is 0. The maximum Gasteiger partial charge on any atom is 0.233 e. The van der Waals surface area contributed by atoms with Crippen LogP contribution in [0.25, 0.3) is 0 Å². The molecule has 0 bridgehead atoms. The zero-order chi connectivity index (χ0) is 7.56. The first-order chi connectivity index (χ1) is 4.74. The molecule has 0 aromatic rings. The molecule has 1 heterocycles. The van der Waals surface area contributed by atoms with Crippen molar-refractivity contribution in [2.45, 2.75) is 6.30 Å². The maximum absolute atomic E-state index is 12.4. The van der Waals surface area contributed by atoms with Gasteiger partial charge in [-0.1, -0.05) is 0 Å². The molecule has 54 valence electrons. The fraction of sp³-hybridized carbons (Fsp3) is 0.200. The van der Waals surface area contributed by atoms with Crippen LogP contribution in [0.1, 0.15) is 0 Å². The Labute approximate surface area is 56.0 Å².